The number of rotatable bonds is 5. The first kappa shape index (κ1) is 10.6. The molecule has 0 aromatic carbocycles. The van der Waals surface area contributed by atoms with Gasteiger partial charge in [0, 0.05) is 13.0 Å². The molecule has 0 saturated carbocycles. The molecule has 2 nitrogen and oxygen atoms in total. The highest BCUT2D eigenvalue weighted by Gasteiger charge is 2.04. The van der Waals surface area contributed by atoms with Crippen LogP contribution in [0.4, 0.5) is 0 Å². The third-order valence-electron chi connectivity index (χ3n) is 1.67. The van der Waals surface area contributed by atoms with E-state index in [0.29, 0.717) is 11.7 Å². The van der Waals surface area contributed by atoms with Crippen LogP contribution in [0.25, 0.3) is 0 Å². The van der Waals surface area contributed by atoms with Gasteiger partial charge in [0.1, 0.15) is 5.78 Å². The average molecular weight is 157 g/mol. The molecule has 0 aliphatic heterocycles. The van der Waals surface area contributed by atoms with Crippen molar-refractivity contribution in [2.24, 2.45) is 5.92 Å². The summed E-state index contributed by atoms with van der Waals surface area (Å²) in [4.78, 5) is 12.8. The van der Waals surface area contributed by atoms with Gasteiger partial charge >= 0.3 is 0 Å². The smallest absolute Gasteiger partial charge is 0.129 e. The fourth-order valence-corrected chi connectivity index (χ4v) is 1.16. The van der Waals surface area contributed by atoms with Crippen LogP contribution in [0.15, 0.2) is 0 Å². The van der Waals surface area contributed by atoms with Gasteiger partial charge in [-0.05, 0) is 33.4 Å². The molecule has 0 bridgehead atoms. The lowest BCUT2D eigenvalue weighted by Gasteiger charge is -2.15. The van der Waals surface area contributed by atoms with Gasteiger partial charge in [0.2, 0.25) is 0 Å². The third-order valence-corrected chi connectivity index (χ3v) is 1.67. The van der Waals surface area contributed by atoms with E-state index in [2.05, 4.69) is 25.9 Å². The average Bonchev–Trinajstić information content (AvgIpc) is 1.82. The maximum Gasteiger partial charge on any atom is 0.129 e. The fraction of sp³-hybridized carbons (Fsp3) is 0.889. The second-order valence-electron chi connectivity index (χ2n) is 3.61. The molecule has 66 valence electrons. The SMILES string of the molecule is CC(=O)CCC(C)CN(C)C. The van der Waals surface area contributed by atoms with Gasteiger partial charge in [-0.25, -0.2) is 0 Å². The van der Waals surface area contributed by atoms with Crippen LogP contribution >= 0.6 is 0 Å². The van der Waals surface area contributed by atoms with Gasteiger partial charge in [-0.2, -0.15) is 0 Å². The number of carbonyl (C=O) groups excluding carboxylic acids is 1. The normalized spacial score (nSPS) is 13.5. The summed E-state index contributed by atoms with van der Waals surface area (Å²) >= 11 is 0. The first-order valence-electron chi connectivity index (χ1n) is 4.16. The molecule has 0 aliphatic rings. The highest BCUT2D eigenvalue weighted by molar-refractivity contribution is 5.75. The molecule has 11 heavy (non-hydrogen) atoms. The van der Waals surface area contributed by atoms with Crippen LogP contribution in [0.2, 0.25) is 0 Å². The van der Waals surface area contributed by atoms with Gasteiger partial charge in [0.05, 0.1) is 0 Å². The van der Waals surface area contributed by atoms with Crippen molar-refractivity contribution in [2.75, 3.05) is 20.6 Å². The van der Waals surface area contributed by atoms with Crippen molar-refractivity contribution in [1.82, 2.24) is 4.90 Å². The number of nitrogens with zero attached hydrogens (tertiary/aromatic N) is 1. The fourth-order valence-electron chi connectivity index (χ4n) is 1.16. The Balaban J connectivity index is 3.37. The van der Waals surface area contributed by atoms with Crippen LogP contribution in [-0.4, -0.2) is 31.3 Å². The van der Waals surface area contributed by atoms with Crippen molar-refractivity contribution in [2.45, 2.75) is 26.7 Å². The predicted octanol–water partition coefficient (Wildman–Crippen LogP) is 1.55. The number of Topliss-reactive ketones (excluding diaryl/α,β-unsaturated/α-hetero) is 1. The maximum absolute atomic E-state index is 10.6. The third kappa shape index (κ3) is 7.53. The summed E-state index contributed by atoms with van der Waals surface area (Å²) in [6, 6.07) is 0. The zero-order valence-corrected chi connectivity index (χ0v) is 8.05. The summed E-state index contributed by atoms with van der Waals surface area (Å²) in [5.41, 5.74) is 0. The topological polar surface area (TPSA) is 20.3 Å². The van der Waals surface area contributed by atoms with Crippen molar-refractivity contribution >= 4 is 5.78 Å². The molecule has 0 fully saturated rings. The Kier molecular flexibility index (Phi) is 5.12. The minimum Gasteiger partial charge on any atom is -0.309 e. The summed E-state index contributed by atoms with van der Waals surface area (Å²) in [5, 5.41) is 0. The number of carbonyl (C=O) groups is 1. The number of ketones is 1. The van der Waals surface area contributed by atoms with E-state index in [1.165, 1.54) is 0 Å². The lowest BCUT2D eigenvalue weighted by atomic mass is 10.0. The van der Waals surface area contributed by atoms with Crippen LogP contribution in [0.5, 0.6) is 0 Å². The molecule has 0 amide bonds. The van der Waals surface area contributed by atoms with Crippen molar-refractivity contribution in [3.05, 3.63) is 0 Å². The molecule has 2 heteroatoms. The number of hydrogen-bond donors (Lipinski definition) is 0. The zero-order valence-electron chi connectivity index (χ0n) is 8.05. The minimum atomic E-state index is 0.301. The van der Waals surface area contributed by atoms with E-state index < -0.39 is 0 Å². The van der Waals surface area contributed by atoms with Crippen molar-refractivity contribution in [3.8, 4) is 0 Å². The Morgan fingerprint density at radius 1 is 1.45 bits per heavy atom. The highest BCUT2D eigenvalue weighted by Crippen LogP contribution is 2.06. The Hall–Kier alpha value is -0.370. The van der Waals surface area contributed by atoms with Crippen LogP contribution in [-0.2, 0) is 4.79 Å². The van der Waals surface area contributed by atoms with Crippen molar-refractivity contribution in [1.29, 1.82) is 0 Å². The predicted molar refractivity (Wildman–Crippen MR) is 47.6 cm³/mol. The molecule has 1 atom stereocenters. The van der Waals surface area contributed by atoms with E-state index in [1.807, 2.05) is 0 Å². The molecular formula is C9H19NO. The standard InChI is InChI=1S/C9H19NO/c1-8(7-10(3)4)5-6-9(2)11/h8H,5-7H2,1-4H3. The molecular weight excluding hydrogens is 138 g/mol. The Morgan fingerprint density at radius 2 is 2.00 bits per heavy atom. The van der Waals surface area contributed by atoms with E-state index in [4.69, 9.17) is 0 Å². The Bertz CT molecular complexity index is 121. The van der Waals surface area contributed by atoms with E-state index in [1.54, 1.807) is 6.92 Å². The lowest BCUT2D eigenvalue weighted by Crippen LogP contribution is -2.20. The molecule has 0 aromatic rings. The van der Waals surface area contributed by atoms with Crippen molar-refractivity contribution in [3.63, 3.8) is 0 Å². The Morgan fingerprint density at radius 3 is 2.36 bits per heavy atom. The summed E-state index contributed by atoms with van der Waals surface area (Å²) in [6.07, 6.45) is 1.75. The van der Waals surface area contributed by atoms with E-state index in [9.17, 15) is 4.79 Å². The highest BCUT2D eigenvalue weighted by atomic mass is 16.1. The first-order valence-corrected chi connectivity index (χ1v) is 4.16. The lowest BCUT2D eigenvalue weighted by molar-refractivity contribution is -0.117. The molecule has 0 saturated heterocycles. The summed E-state index contributed by atoms with van der Waals surface area (Å²) in [5.74, 6) is 0.935. The molecule has 0 heterocycles. The summed E-state index contributed by atoms with van der Waals surface area (Å²) in [6.45, 7) is 4.92. The van der Waals surface area contributed by atoms with Crippen LogP contribution in [0.1, 0.15) is 26.7 Å². The second-order valence-corrected chi connectivity index (χ2v) is 3.61. The summed E-state index contributed by atoms with van der Waals surface area (Å²) < 4.78 is 0. The zero-order chi connectivity index (χ0) is 8.85. The van der Waals surface area contributed by atoms with Gasteiger partial charge in [-0.3, -0.25) is 0 Å². The van der Waals surface area contributed by atoms with Gasteiger partial charge in [-0.15, -0.1) is 0 Å². The molecule has 1 unspecified atom stereocenters. The minimum absolute atomic E-state index is 0.301. The molecule has 0 rings (SSSR count). The molecule has 0 spiro atoms. The second kappa shape index (κ2) is 5.30. The maximum atomic E-state index is 10.6. The first-order chi connectivity index (χ1) is 5.02. The van der Waals surface area contributed by atoms with Crippen LogP contribution in [0.3, 0.4) is 0 Å². The molecule has 0 radical (unpaired) electrons. The largest absolute Gasteiger partial charge is 0.309 e. The summed E-state index contributed by atoms with van der Waals surface area (Å²) in [7, 11) is 4.12. The van der Waals surface area contributed by atoms with Gasteiger partial charge in [0.15, 0.2) is 0 Å². The molecule has 0 aliphatic carbocycles. The monoisotopic (exact) mass is 157 g/mol. The van der Waals surface area contributed by atoms with E-state index in [0.717, 1.165) is 19.4 Å². The van der Waals surface area contributed by atoms with Crippen molar-refractivity contribution < 1.29 is 4.79 Å². The quantitative estimate of drug-likeness (QED) is 0.603. The Labute approximate surface area is 69.6 Å². The number of hydrogen-bond acceptors (Lipinski definition) is 2. The van der Waals surface area contributed by atoms with E-state index >= 15 is 0 Å². The van der Waals surface area contributed by atoms with Gasteiger partial charge < -0.3 is 9.69 Å². The van der Waals surface area contributed by atoms with Gasteiger partial charge in [-0.1, -0.05) is 6.92 Å². The molecule has 0 N–H and O–H groups in total. The van der Waals surface area contributed by atoms with Crippen LogP contribution < -0.4 is 0 Å². The van der Waals surface area contributed by atoms with Gasteiger partial charge in [0.25, 0.3) is 0 Å². The van der Waals surface area contributed by atoms with Crippen LogP contribution in [0, 0.1) is 5.92 Å². The molecule has 0 aromatic heterocycles. The van der Waals surface area contributed by atoms with E-state index in [-0.39, 0.29) is 0 Å².